The summed E-state index contributed by atoms with van der Waals surface area (Å²) >= 11 is 0. The molecule has 1 heterocycles. The number of ether oxygens (including phenoxy) is 1. The number of hydrogen-bond donors (Lipinski definition) is 1. The van der Waals surface area contributed by atoms with E-state index in [1.54, 1.807) is 4.90 Å². The van der Waals surface area contributed by atoms with Gasteiger partial charge in [0.1, 0.15) is 6.10 Å². The topological polar surface area (TPSA) is 92.9 Å². The number of benzene rings is 2. The van der Waals surface area contributed by atoms with E-state index in [0.717, 1.165) is 17.2 Å². The highest BCUT2D eigenvalue weighted by Gasteiger charge is 2.28. The van der Waals surface area contributed by atoms with Crippen molar-refractivity contribution in [3.05, 3.63) is 69.3 Å². The van der Waals surface area contributed by atoms with E-state index in [0.29, 0.717) is 19.7 Å². The summed E-state index contributed by atoms with van der Waals surface area (Å²) in [4.78, 5) is 24.6. The summed E-state index contributed by atoms with van der Waals surface area (Å²) in [5, 5.41) is 20.5. The predicted molar refractivity (Wildman–Crippen MR) is 90.5 cm³/mol. The number of nitro benzene ring substituents is 1. The molecule has 1 aliphatic heterocycles. The Kier molecular flexibility index (Phi) is 4.67. The van der Waals surface area contributed by atoms with Crippen molar-refractivity contribution in [3.8, 4) is 5.75 Å². The lowest BCUT2D eigenvalue weighted by atomic mass is 10.0. The van der Waals surface area contributed by atoms with Crippen LogP contribution in [0.2, 0.25) is 0 Å². The second-order valence-corrected chi connectivity index (χ2v) is 5.93. The van der Waals surface area contributed by atoms with E-state index in [9.17, 15) is 20.0 Å². The van der Waals surface area contributed by atoms with Crippen molar-refractivity contribution in [2.45, 2.75) is 13.0 Å². The van der Waals surface area contributed by atoms with Crippen molar-refractivity contribution in [2.24, 2.45) is 0 Å². The minimum absolute atomic E-state index is 0.176. The number of morpholine rings is 1. The van der Waals surface area contributed by atoms with Crippen molar-refractivity contribution in [1.29, 1.82) is 0 Å². The van der Waals surface area contributed by atoms with Crippen LogP contribution in [0.1, 0.15) is 27.6 Å². The molecule has 1 amide bonds. The average Bonchev–Trinajstić information content (AvgIpc) is 2.62. The van der Waals surface area contributed by atoms with Gasteiger partial charge in [-0.05, 0) is 30.2 Å². The van der Waals surface area contributed by atoms with Crippen molar-refractivity contribution < 1.29 is 19.6 Å². The number of carbonyl (C=O) groups is 1. The molecule has 0 bridgehead atoms. The quantitative estimate of drug-likeness (QED) is 0.684. The maximum absolute atomic E-state index is 12.7. The minimum Gasteiger partial charge on any atom is -0.502 e. The molecule has 1 atom stereocenters. The number of phenols is 1. The molecule has 0 aliphatic carbocycles. The molecule has 1 aliphatic rings. The molecule has 0 spiro atoms. The molecule has 1 N–H and O–H groups in total. The Morgan fingerprint density at radius 1 is 1.32 bits per heavy atom. The van der Waals surface area contributed by atoms with Gasteiger partial charge in [-0.3, -0.25) is 14.9 Å². The van der Waals surface area contributed by atoms with Gasteiger partial charge in [0.05, 0.1) is 18.1 Å². The van der Waals surface area contributed by atoms with Gasteiger partial charge in [0.15, 0.2) is 5.75 Å². The molecule has 7 nitrogen and oxygen atoms in total. The zero-order valence-electron chi connectivity index (χ0n) is 13.7. The first-order chi connectivity index (χ1) is 12.0. The van der Waals surface area contributed by atoms with Gasteiger partial charge in [0.25, 0.3) is 5.91 Å². The van der Waals surface area contributed by atoms with Crippen LogP contribution in [0.4, 0.5) is 5.69 Å². The Hall–Kier alpha value is -2.93. The number of hydrogen-bond acceptors (Lipinski definition) is 5. The molecule has 7 heteroatoms. The van der Waals surface area contributed by atoms with Crippen molar-refractivity contribution in [2.75, 3.05) is 19.7 Å². The third-order valence-corrected chi connectivity index (χ3v) is 4.31. The number of amides is 1. The van der Waals surface area contributed by atoms with Crippen LogP contribution in [0.3, 0.4) is 0 Å². The van der Waals surface area contributed by atoms with Crippen LogP contribution in [-0.4, -0.2) is 40.5 Å². The Bertz CT molecular complexity index is 821. The van der Waals surface area contributed by atoms with Gasteiger partial charge in [-0.1, -0.05) is 24.3 Å². The normalized spacial score (nSPS) is 17.3. The van der Waals surface area contributed by atoms with E-state index in [4.69, 9.17) is 4.74 Å². The maximum Gasteiger partial charge on any atom is 0.311 e. The van der Waals surface area contributed by atoms with E-state index in [2.05, 4.69) is 0 Å². The lowest BCUT2D eigenvalue weighted by molar-refractivity contribution is -0.385. The lowest BCUT2D eigenvalue weighted by Gasteiger charge is -2.33. The van der Waals surface area contributed by atoms with Crippen LogP contribution >= 0.6 is 0 Å². The van der Waals surface area contributed by atoms with Gasteiger partial charge in [-0.15, -0.1) is 0 Å². The first kappa shape index (κ1) is 16.9. The molecule has 0 aromatic heterocycles. The van der Waals surface area contributed by atoms with Crippen LogP contribution < -0.4 is 0 Å². The second kappa shape index (κ2) is 6.90. The van der Waals surface area contributed by atoms with Gasteiger partial charge < -0.3 is 14.7 Å². The van der Waals surface area contributed by atoms with E-state index in [1.807, 2.05) is 31.2 Å². The molecule has 130 valence electrons. The summed E-state index contributed by atoms with van der Waals surface area (Å²) < 4.78 is 5.80. The number of rotatable bonds is 3. The molecule has 25 heavy (non-hydrogen) atoms. The number of nitrogens with zero attached hydrogens (tertiary/aromatic N) is 2. The summed E-state index contributed by atoms with van der Waals surface area (Å²) in [5.41, 5.74) is 1.81. The minimum atomic E-state index is -0.707. The van der Waals surface area contributed by atoms with E-state index < -0.39 is 16.4 Å². The van der Waals surface area contributed by atoms with E-state index in [1.165, 1.54) is 12.1 Å². The maximum atomic E-state index is 12.7. The molecule has 2 aromatic rings. The van der Waals surface area contributed by atoms with Gasteiger partial charge in [0, 0.05) is 18.2 Å². The Balaban J connectivity index is 1.82. The second-order valence-electron chi connectivity index (χ2n) is 5.93. The molecule has 1 fully saturated rings. The summed E-state index contributed by atoms with van der Waals surface area (Å²) in [6, 6.07) is 11.5. The van der Waals surface area contributed by atoms with Crippen LogP contribution in [0.15, 0.2) is 42.5 Å². The fourth-order valence-electron chi connectivity index (χ4n) is 2.96. The highest BCUT2D eigenvalue weighted by molar-refractivity contribution is 5.95. The third-order valence-electron chi connectivity index (χ3n) is 4.31. The Labute approximate surface area is 144 Å². The number of aryl methyl sites for hydroxylation is 1. The SMILES string of the molecule is Cc1ccccc1[C@H]1CN(C(=O)c2ccc(O)c([N+](=O)[O-])c2)CCO1. The summed E-state index contributed by atoms with van der Waals surface area (Å²) in [5.74, 6) is -0.772. The van der Waals surface area contributed by atoms with Gasteiger partial charge in [0.2, 0.25) is 0 Å². The van der Waals surface area contributed by atoms with E-state index in [-0.39, 0.29) is 17.6 Å². The number of aromatic hydroxyl groups is 1. The molecule has 1 saturated heterocycles. The van der Waals surface area contributed by atoms with Crippen LogP contribution in [0.25, 0.3) is 0 Å². The molecule has 3 rings (SSSR count). The fourth-order valence-corrected chi connectivity index (χ4v) is 2.96. The first-order valence-corrected chi connectivity index (χ1v) is 7.91. The summed E-state index contributed by atoms with van der Waals surface area (Å²) in [6.45, 7) is 3.17. The van der Waals surface area contributed by atoms with Gasteiger partial charge >= 0.3 is 5.69 Å². The van der Waals surface area contributed by atoms with Gasteiger partial charge in [-0.25, -0.2) is 0 Å². The average molecular weight is 342 g/mol. The van der Waals surface area contributed by atoms with Crippen LogP contribution in [0.5, 0.6) is 5.75 Å². The standard InChI is InChI=1S/C18H18N2O5/c1-12-4-2-3-5-14(12)17-11-19(8-9-25-17)18(22)13-6-7-16(21)15(10-13)20(23)24/h2-7,10,17,21H,8-9,11H2,1H3/t17-/m1/s1. The molecular formula is C18H18N2O5. The summed E-state index contributed by atoms with van der Waals surface area (Å²) in [7, 11) is 0. The lowest BCUT2D eigenvalue weighted by Crippen LogP contribution is -2.42. The molecular weight excluding hydrogens is 324 g/mol. The largest absolute Gasteiger partial charge is 0.502 e. The molecule has 0 unspecified atom stereocenters. The third kappa shape index (κ3) is 3.46. The van der Waals surface area contributed by atoms with Gasteiger partial charge in [-0.2, -0.15) is 0 Å². The van der Waals surface area contributed by atoms with Crippen molar-refractivity contribution >= 4 is 11.6 Å². The van der Waals surface area contributed by atoms with E-state index >= 15 is 0 Å². The monoisotopic (exact) mass is 342 g/mol. The Morgan fingerprint density at radius 3 is 2.80 bits per heavy atom. The predicted octanol–water partition coefficient (Wildman–Crippen LogP) is 2.82. The highest BCUT2D eigenvalue weighted by atomic mass is 16.6. The fraction of sp³-hybridized carbons (Fsp3) is 0.278. The molecule has 0 saturated carbocycles. The first-order valence-electron chi connectivity index (χ1n) is 7.91. The molecule has 0 radical (unpaired) electrons. The summed E-state index contributed by atoms with van der Waals surface area (Å²) in [6.07, 6.45) is -0.231. The number of carbonyl (C=O) groups excluding carboxylic acids is 1. The number of phenolic OH excluding ortho intramolecular Hbond substituents is 1. The highest BCUT2D eigenvalue weighted by Crippen LogP contribution is 2.29. The smallest absolute Gasteiger partial charge is 0.311 e. The number of nitro groups is 1. The van der Waals surface area contributed by atoms with Crippen LogP contribution in [-0.2, 0) is 4.74 Å². The van der Waals surface area contributed by atoms with Crippen molar-refractivity contribution in [3.63, 3.8) is 0 Å². The van der Waals surface area contributed by atoms with Crippen molar-refractivity contribution in [1.82, 2.24) is 4.90 Å². The van der Waals surface area contributed by atoms with Crippen LogP contribution in [0, 0.1) is 17.0 Å². The zero-order chi connectivity index (χ0) is 18.0. The molecule has 2 aromatic carbocycles. The zero-order valence-corrected chi connectivity index (χ0v) is 13.7. The Morgan fingerprint density at radius 2 is 2.08 bits per heavy atom.